The number of primary amides is 1. The minimum absolute atomic E-state index is 0.108. The maximum Gasteiger partial charge on any atom is 0.326 e. The molecule has 4 aliphatic carbocycles. The van der Waals surface area contributed by atoms with Gasteiger partial charge in [0.05, 0.1) is 5.41 Å². The summed E-state index contributed by atoms with van der Waals surface area (Å²) in [7, 11) is 0. The van der Waals surface area contributed by atoms with Crippen LogP contribution in [0.4, 0.5) is 0 Å². The van der Waals surface area contributed by atoms with Crippen LogP contribution in [0.2, 0.25) is 0 Å². The minimum atomic E-state index is -1.26. The molecular weight excluding hydrogens is 524 g/mol. The Hall–Kier alpha value is -2.76. The van der Waals surface area contributed by atoms with Crippen molar-refractivity contribution in [1.82, 2.24) is 15.8 Å². The molecule has 4 saturated carbocycles. The van der Waals surface area contributed by atoms with Gasteiger partial charge in [0.25, 0.3) is 11.8 Å². The Morgan fingerprint density at radius 1 is 1.13 bits per heavy atom. The zero-order chi connectivity index (χ0) is 28.5. The maximum atomic E-state index is 13.4. The van der Waals surface area contributed by atoms with E-state index in [2.05, 4.69) is 15.8 Å². The molecule has 1 heterocycles. The van der Waals surface area contributed by atoms with E-state index in [1.807, 2.05) is 13.8 Å². The first-order valence-corrected chi connectivity index (χ1v) is 14.6. The van der Waals surface area contributed by atoms with E-state index in [1.54, 1.807) is 13.8 Å². The average molecular weight is 565 g/mol. The SMILES string of the molecule is CC(C)Sc1c(OCC(C)(C)C(=O)NC(CCC(N)=O)C(=O)O)noc1C(=O)NC1C2CC3CC(C2)CC1C3. The standard InChI is InChI=1S/C27H40N4O7S/c1-13(2)39-22-21(23(33)30-20-16-8-14-7-15(10-16)11-17(20)9-14)38-31-24(22)37-12-27(3,4)26(36)29-18(25(34)35)5-6-19(28)32/h13-18,20H,5-12H2,1-4H3,(H2,28,32)(H,29,36)(H,30,33)(H,34,35). The monoisotopic (exact) mass is 564 g/mol. The van der Waals surface area contributed by atoms with Crippen LogP contribution in [0.25, 0.3) is 0 Å². The molecule has 4 bridgehead atoms. The Labute approximate surface area is 232 Å². The third-order valence-electron chi connectivity index (χ3n) is 8.17. The number of amides is 3. The van der Waals surface area contributed by atoms with E-state index < -0.39 is 29.2 Å². The zero-order valence-corrected chi connectivity index (χ0v) is 23.8. The summed E-state index contributed by atoms with van der Waals surface area (Å²) in [6.45, 7) is 7.03. The molecule has 12 heteroatoms. The van der Waals surface area contributed by atoms with Gasteiger partial charge in [-0.15, -0.1) is 11.8 Å². The van der Waals surface area contributed by atoms with Crippen molar-refractivity contribution in [2.24, 2.45) is 34.8 Å². The van der Waals surface area contributed by atoms with Crippen LogP contribution in [0.3, 0.4) is 0 Å². The molecule has 216 valence electrons. The molecule has 0 radical (unpaired) electrons. The third kappa shape index (κ3) is 6.88. The van der Waals surface area contributed by atoms with Crippen LogP contribution in [-0.4, -0.2) is 57.9 Å². The van der Waals surface area contributed by atoms with Crippen molar-refractivity contribution in [3.8, 4) is 5.88 Å². The van der Waals surface area contributed by atoms with Gasteiger partial charge < -0.3 is 30.7 Å². The van der Waals surface area contributed by atoms with Crippen molar-refractivity contribution in [2.75, 3.05) is 6.61 Å². The minimum Gasteiger partial charge on any atom is -0.480 e. The van der Waals surface area contributed by atoms with Crippen molar-refractivity contribution >= 4 is 35.5 Å². The molecule has 39 heavy (non-hydrogen) atoms. The molecule has 4 aliphatic rings. The summed E-state index contributed by atoms with van der Waals surface area (Å²) in [4.78, 5) is 49.3. The molecule has 1 aromatic rings. The van der Waals surface area contributed by atoms with E-state index in [9.17, 15) is 24.3 Å². The normalized spacial score (nSPS) is 26.3. The highest BCUT2D eigenvalue weighted by Crippen LogP contribution is 2.53. The summed E-state index contributed by atoms with van der Waals surface area (Å²) in [5.74, 6) is 0.0783. The van der Waals surface area contributed by atoms with Crippen LogP contribution in [0, 0.1) is 29.1 Å². The van der Waals surface area contributed by atoms with Gasteiger partial charge in [-0.3, -0.25) is 14.4 Å². The molecule has 0 spiro atoms. The van der Waals surface area contributed by atoms with Crippen molar-refractivity contribution in [2.45, 2.75) is 94.9 Å². The summed E-state index contributed by atoms with van der Waals surface area (Å²) in [6.07, 6.45) is 5.77. The fraction of sp³-hybridized carbons (Fsp3) is 0.741. The largest absolute Gasteiger partial charge is 0.480 e. The Balaban J connectivity index is 1.41. The lowest BCUT2D eigenvalue weighted by Gasteiger charge is -2.54. The summed E-state index contributed by atoms with van der Waals surface area (Å²) in [6, 6.07) is -1.11. The molecule has 4 fully saturated rings. The Morgan fingerprint density at radius 2 is 1.74 bits per heavy atom. The highest BCUT2D eigenvalue weighted by Gasteiger charge is 2.49. The van der Waals surface area contributed by atoms with Crippen LogP contribution >= 0.6 is 11.8 Å². The Morgan fingerprint density at radius 3 is 2.28 bits per heavy atom. The summed E-state index contributed by atoms with van der Waals surface area (Å²) in [5.41, 5.74) is 3.96. The number of nitrogens with zero attached hydrogens (tertiary/aromatic N) is 1. The molecular formula is C27H40N4O7S. The average Bonchev–Trinajstić information content (AvgIpc) is 3.23. The molecule has 0 aromatic carbocycles. The first-order valence-electron chi connectivity index (χ1n) is 13.8. The topological polar surface area (TPSA) is 174 Å². The van der Waals surface area contributed by atoms with Gasteiger partial charge in [0.1, 0.15) is 17.5 Å². The number of rotatable bonds is 13. The second kappa shape index (κ2) is 11.8. The lowest BCUT2D eigenvalue weighted by atomic mass is 9.54. The number of hydrogen-bond donors (Lipinski definition) is 4. The molecule has 5 rings (SSSR count). The van der Waals surface area contributed by atoms with Crippen LogP contribution in [0.15, 0.2) is 9.42 Å². The number of thioether (sulfide) groups is 1. The van der Waals surface area contributed by atoms with Crippen LogP contribution < -0.4 is 21.1 Å². The maximum absolute atomic E-state index is 13.4. The van der Waals surface area contributed by atoms with E-state index in [0.29, 0.717) is 16.7 Å². The summed E-state index contributed by atoms with van der Waals surface area (Å²) < 4.78 is 11.4. The molecule has 3 amide bonds. The van der Waals surface area contributed by atoms with Crippen molar-refractivity contribution in [3.63, 3.8) is 0 Å². The van der Waals surface area contributed by atoms with E-state index in [1.165, 1.54) is 43.9 Å². The number of carboxylic acids is 1. The second-order valence-electron chi connectivity index (χ2n) is 12.3. The lowest BCUT2D eigenvalue weighted by molar-refractivity contribution is -0.144. The first kappa shape index (κ1) is 29.2. The van der Waals surface area contributed by atoms with Crippen molar-refractivity contribution < 1.29 is 33.5 Å². The van der Waals surface area contributed by atoms with Gasteiger partial charge in [0.2, 0.25) is 17.6 Å². The van der Waals surface area contributed by atoms with Crippen LogP contribution in [-0.2, 0) is 14.4 Å². The number of carbonyl (C=O) groups is 4. The number of aliphatic carboxylic acids is 1. The van der Waals surface area contributed by atoms with E-state index >= 15 is 0 Å². The number of carboxylic acid groups (broad SMARTS) is 1. The van der Waals surface area contributed by atoms with Crippen molar-refractivity contribution in [1.29, 1.82) is 0 Å². The van der Waals surface area contributed by atoms with Gasteiger partial charge in [-0.25, -0.2) is 4.79 Å². The van der Waals surface area contributed by atoms with Gasteiger partial charge in [-0.1, -0.05) is 13.8 Å². The van der Waals surface area contributed by atoms with Crippen molar-refractivity contribution in [3.05, 3.63) is 5.76 Å². The fourth-order valence-electron chi connectivity index (χ4n) is 6.43. The van der Waals surface area contributed by atoms with Crippen LogP contribution in [0.1, 0.15) is 83.2 Å². The zero-order valence-electron chi connectivity index (χ0n) is 23.0. The highest BCUT2D eigenvalue weighted by atomic mass is 32.2. The molecule has 11 nitrogen and oxygen atoms in total. The smallest absolute Gasteiger partial charge is 0.326 e. The van der Waals surface area contributed by atoms with E-state index in [4.69, 9.17) is 15.0 Å². The summed E-state index contributed by atoms with van der Waals surface area (Å²) in [5, 5.41) is 19.2. The predicted molar refractivity (Wildman–Crippen MR) is 143 cm³/mol. The number of ether oxygens (including phenoxy) is 1. The Kier molecular flexibility index (Phi) is 8.82. The second-order valence-corrected chi connectivity index (χ2v) is 13.9. The third-order valence-corrected chi connectivity index (χ3v) is 9.24. The number of hydrogen-bond acceptors (Lipinski definition) is 8. The number of nitrogens with one attached hydrogen (secondary N) is 2. The predicted octanol–water partition coefficient (Wildman–Crippen LogP) is 2.97. The molecule has 1 aromatic heterocycles. The fourth-order valence-corrected chi connectivity index (χ4v) is 7.34. The van der Waals surface area contributed by atoms with Gasteiger partial charge >= 0.3 is 5.97 Å². The number of nitrogens with two attached hydrogens (primary N) is 1. The number of aromatic nitrogens is 1. The van der Waals surface area contributed by atoms with Crippen LogP contribution in [0.5, 0.6) is 5.88 Å². The Bertz CT molecular complexity index is 1070. The van der Waals surface area contributed by atoms with E-state index in [-0.39, 0.29) is 48.3 Å². The molecule has 0 aliphatic heterocycles. The quantitative estimate of drug-likeness (QED) is 0.263. The molecule has 1 unspecified atom stereocenters. The van der Waals surface area contributed by atoms with E-state index in [0.717, 1.165) is 11.8 Å². The van der Waals surface area contributed by atoms with Gasteiger partial charge in [0, 0.05) is 17.7 Å². The summed E-state index contributed by atoms with van der Waals surface area (Å²) >= 11 is 1.40. The number of carbonyl (C=O) groups excluding carboxylic acids is 3. The molecule has 5 N–H and O–H groups in total. The molecule has 1 atom stereocenters. The van der Waals surface area contributed by atoms with Gasteiger partial charge in [-0.2, -0.15) is 0 Å². The molecule has 0 saturated heterocycles. The lowest BCUT2D eigenvalue weighted by Crippen LogP contribution is -2.55. The van der Waals surface area contributed by atoms with Gasteiger partial charge in [-0.05, 0) is 81.2 Å². The highest BCUT2D eigenvalue weighted by molar-refractivity contribution is 8.00. The van der Waals surface area contributed by atoms with Gasteiger partial charge in [0.15, 0.2) is 0 Å². The first-order chi connectivity index (χ1) is 18.3.